The normalized spacial score (nSPS) is 15.4. The predicted molar refractivity (Wildman–Crippen MR) is 119 cm³/mol. The number of aromatic nitrogens is 1. The van der Waals surface area contributed by atoms with Gasteiger partial charge in [-0.25, -0.2) is 9.78 Å². The molecule has 0 unspecified atom stereocenters. The van der Waals surface area contributed by atoms with Crippen molar-refractivity contribution in [2.45, 2.75) is 25.8 Å². The number of para-hydroxylation sites is 1. The van der Waals surface area contributed by atoms with Gasteiger partial charge in [0.1, 0.15) is 0 Å². The van der Waals surface area contributed by atoms with Gasteiger partial charge in [-0.2, -0.15) is 0 Å². The molecule has 3 aromatic rings. The standard InChI is InChI=1S/C23H28N4OS/c28-23(24-13-6-12-22-25-20-10-4-5-11-21(20)29-22)27-15-7-14-26(16-17-27)18-19-8-2-1-3-9-19/h1-5,8-11H,6-7,12-18H2,(H,24,28). The highest BCUT2D eigenvalue weighted by Crippen LogP contribution is 2.22. The van der Waals surface area contributed by atoms with Crippen LogP contribution < -0.4 is 5.32 Å². The number of carbonyl (C=O) groups is 1. The molecule has 1 aliphatic heterocycles. The van der Waals surface area contributed by atoms with Crippen LogP contribution in [0, 0.1) is 0 Å². The van der Waals surface area contributed by atoms with E-state index in [-0.39, 0.29) is 6.03 Å². The molecule has 0 atom stereocenters. The van der Waals surface area contributed by atoms with E-state index in [0.717, 1.165) is 62.5 Å². The van der Waals surface area contributed by atoms with Crippen LogP contribution in [0.2, 0.25) is 0 Å². The Morgan fingerprint density at radius 2 is 1.83 bits per heavy atom. The van der Waals surface area contributed by atoms with E-state index in [4.69, 9.17) is 0 Å². The van der Waals surface area contributed by atoms with Crippen molar-refractivity contribution >= 4 is 27.6 Å². The first kappa shape index (κ1) is 19.9. The Morgan fingerprint density at radius 1 is 1.00 bits per heavy atom. The number of urea groups is 1. The van der Waals surface area contributed by atoms with E-state index in [1.807, 2.05) is 17.0 Å². The van der Waals surface area contributed by atoms with E-state index in [0.29, 0.717) is 6.54 Å². The summed E-state index contributed by atoms with van der Waals surface area (Å²) in [6, 6.07) is 18.9. The summed E-state index contributed by atoms with van der Waals surface area (Å²) in [6.07, 6.45) is 2.84. The van der Waals surface area contributed by atoms with Crippen LogP contribution in [0.15, 0.2) is 54.6 Å². The predicted octanol–water partition coefficient (Wildman–Crippen LogP) is 4.15. The molecule has 5 nitrogen and oxygen atoms in total. The van der Waals surface area contributed by atoms with Crippen molar-refractivity contribution in [3.8, 4) is 0 Å². The zero-order valence-electron chi connectivity index (χ0n) is 16.7. The van der Waals surface area contributed by atoms with E-state index < -0.39 is 0 Å². The van der Waals surface area contributed by atoms with E-state index in [1.54, 1.807) is 11.3 Å². The lowest BCUT2D eigenvalue weighted by molar-refractivity contribution is 0.197. The molecule has 2 amide bonds. The van der Waals surface area contributed by atoms with Crippen LogP contribution in [0.4, 0.5) is 4.79 Å². The fourth-order valence-electron chi connectivity index (χ4n) is 3.75. The van der Waals surface area contributed by atoms with E-state index in [1.165, 1.54) is 10.3 Å². The van der Waals surface area contributed by atoms with E-state index >= 15 is 0 Å². The topological polar surface area (TPSA) is 48.5 Å². The minimum atomic E-state index is 0.0656. The van der Waals surface area contributed by atoms with Crippen LogP contribution >= 0.6 is 11.3 Å². The van der Waals surface area contributed by atoms with Crippen LogP contribution in [0.5, 0.6) is 0 Å². The smallest absolute Gasteiger partial charge is 0.317 e. The second kappa shape index (κ2) is 9.85. The molecular weight excluding hydrogens is 380 g/mol. The van der Waals surface area contributed by atoms with Crippen molar-refractivity contribution in [1.29, 1.82) is 0 Å². The molecule has 152 valence electrons. The van der Waals surface area contributed by atoms with Crippen molar-refractivity contribution in [3.05, 3.63) is 65.2 Å². The Hall–Kier alpha value is -2.44. The summed E-state index contributed by atoms with van der Waals surface area (Å²) in [7, 11) is 0. The molecule has 2 aromatic carbocycles. The molecule has 0 bridgehead atoms. The summed E-state index contributed by atoms with van der Waals surface area (Å²) >= 11 is 1.75. The van der Waals surface area contributed by atoms with Gasteiger partial charge >= 0.3 is 6.03 Å². The second-order valence-corrected chi connectivity index (χ2v) is 8.63. The number of nitrogens with one attached hydrogen (secondary N) is 1. The molecule has 0 spiro atoms. The molecule has 1 saturated heterocycles. The number of aryl methyl sites for hydroxylation is 1. The number of fused-ring (bicyclic) bond motifs is 1. The Kier molecular flexibility index (Phi) is 6.75. The average Bonchev–Trinajstić information content (AvgIpc) is 3.02. The summed E-state index contributed by atoms with van der Waals surface area (Å²) < 4.78 is 1.23. The molecule has 1 aliphatic rings. The number of hydrogen-bond acceptors (Lipinski definition) is 4. The lowest BCUT2D eigenvalue weighted by atomic mass is 10.2. The third-order valence-electron chi connectivity index (χ3n) is 5.31. The molecule has 1 aromatic heterocycles. The lowest BCUT2D eigenvalue weighted by Crippen LogP contribution is -2.42. The summed E-state index contributed by atoms with van der Waals surface area (Å²) in [5, 5.41) is 4.24. The van der Waals surface area contributed by atoms with Crippen molar-refractivity contribution in [3.63, 3.8) is 0 Å². The second-order valence-electron chi connectivity index (χ2n) is 7.51. The molecule has 0 aliphatic carbocycles. The molecule has 29 heavy (non-hydrogen) atoms. The van der Waals surface area contributed by atoms with Crippen molar-refractivity contribution < 1.29 is 4.79 Å². The number of nitrogens with zero attached hydrogens (tertiary/aromatic N) is 3. The Balaban J connectivity index is 1.18. The van der Waals surface area contributed by atoms with Gasteiger partial charge < -0.3 is 10.2 Å². The van der Waals surface area contributed by atoms with Gasteiger partial charge in [0, 0.05) is 45.7 Å². The maximum atomic E-state index is 12.6. The van der Waals surface area contributed by atoms with Crippen molar-refractivity contribution in [2.75, 3.05) is 32.7 Å². The highest BCUT2D eigenvalue weighted by molar-refractivity contribution is 7.18. The first-order valence-corrected chi connectivity index (χ1v) is 11.2. The van der Waals surface area contributed by atoms with Crippen molar-refractivity contribution in [1.82, 2.24) is 20.1 Å². The third-order valence-corrected chi connectivity index (χ3v) is 6.40. The van der Waals surface area contributed by atoms with Gasteiger partial charge in [-0.3, -0.25) is 4.90 Å². The van der Waals surface area contributed by atoms with Crippen LogP contribution in [0.3, 0.4) is 0 Å². The fraction of sp³-hybridized carbons (Fsp3) is 0.391. The van der Waals surface area contributed by atoms with E-state index in [9.17, 15) is 4.79 Å². The summed E-state index contributed by atoms with van der Waals surface area (Å²) in [4.78, 5) is 21.6. The van der Waals surface area contributed by atoms with Crippen LogP contribution in [0.25, 0.3) is 10.2 Å². The van der Waals surface area contributed by atoms with Gasteiger partial charge in [-0.15, -0.1) is 11.3 Å². The first-order chi connectivity index (χ1) is 14.3. The molecule has 0 saturated carbocycles. The lowest BCUT2D eigenvalue weighted by Gasteiger charge is -2.22. The zero-order chi connectivity index (χ0) is 19.9. The van der Waals surface area contributed by atoms with Gasteiger partial charge in [0.2, 0.25) is 0 Å². The van der Waals surface area contributed by atoms with Crippen molar-refractivity contribution in [2.24, 2.45) is 0 Å². The number of rotatable bonds is 6. The Bertz CT molecular complexity index is 894. The van der Waals surface area contributed by atoms with Gasteiger partial charge in [0.25, 0.3) is 0 Å². The highest BCUT2D eigenvalue weighted by atomic mass is 32.1. The monoisotopic (exact) mass is 408 g/mol. The SMILES string of the molecule is O=C(NCCCc1nc2ccccc2s1)N1CCCN(Cc2ccccc2)CC1. The molecule has 1 N–H and O–H groups in total. The first-order valence-electron chi connectivity index (χ1n) is 10.4. The maximum absolute atomic E-state index is 12.6. The average molecular weight is 409 g/mol. The number of thiazole rings is 1. The molecule has 1 fully saturated rings. The highest BCUT2D eigenvalue weighted by Gasteiger charge is 2.18. The molecule has 4 rings (SSSR count). The summed E-state index contributed by atoms with van der Waals surface area (Å²) in [5.41, 5.74) is 2.40. The Morgan fingerprint density at radius 3 is 2.69 bits per heavy atom. The minimum Gasteiger partial charge on any atom is -0.338 e. The van der Waals surface area contributed by atoms with Crippen LogP contribution in [0.1, 0.15) is 23.4 Å². The quantitative estimate of drug-likeness (QED) is 0.624. The van der Waals surface area contributed by atoms with Crippen LogP contribution in [-0.4, -0.2) is 53.5 Å². The Labute approximate surface area is 176 Å². The van der Waals surface area contributed by atoms with Gasteiger partial charge in [0.05, 0.1) is 15.2 Å². The largest absolute Gasteiger partial charge is 0.338 e. The summed E-state index contributed by atoms with van der Waals surface area (Å²) in [5.74, 6) is 0. The van der Waals surface area contributed by atoms with Crippen LogP contribution in [-0.2, 0) is 13.0 Å². The third kappa shape index (κ3) is 5.55. The molecule has 2 heterocycles. The van der Waals surface area contributed by atoms with Gasteiger partial charge in [0.15, 0.2) is 0 Å². The summed E-state index contributed by atoms with van der Waals surface area (Å²) in [6.45, 7) is 5.23. The maximum Gasteiger partial charge on any atom is 0.317 e. The number of hydrogen-bond donors (Lipinski definition) is 1. The number of benzene rings is 2. The molecule has 6 heteroatoms. The fourth-order valence-corrected chi connectivity index (χ4v) is 4.76. The zero-order valence-corrected chi connectivity index (χ0v) is 17.5. The molecule has 0 radical (unpaired) electrons. The van der Waals surface area contributed by atoms with Gasteiger partial charge in [-0.1, -0.05) is 42.5 Å². The van der Waals surface area contributed by atoms with Gasteiger partial charge in [-0.05, 0) is 30.5 Å². The molecular formula is C23H28N4OS. The van der Waals surface area contributed by atoms with E-state index in [2.05, 4.69) is 57.7 Å². The number of carbonyl (C=O) groups excluding carboxylic acids is 1. The minimum absolute atomic E-state index is 0.0656. The number of amides is 2.